The molecule has 0 fully saturated rings. The molecule has 0 aliphatic carbocycles. The Kier molecular flexibility index (Phi) is 4.45. The van der Waals surface area contributed by atoms with Gasteiger partial charge in [-0.2, -0.15) is 0 Å². The van der Waals surface area contributed by atoms with Crippen LogP contribution in [0.3, 0.4) is 0 Å². The summed E-state index contributed by atoms with van der Waals surface area (Å²) in [6, 6.07) is 34.3. The smallest absolute Gasteiger partial charge is 0.278 e. The normalized spacial score (nSPS) is 11.8. The van der Waals surface area contributed by atoms with Gasteiger partial charge in [0.2, 0.25) is 5.95 Å². The van der Waals surface area contributed by atoms with Crippen LogP contribution in [0.15, 0.2) is 97.1 Å². The third-order valence-electron chi connectivity index (χ3n) is 6.48. The second-order valence-corrected chi connectivity index (χ2v) is 10.8. The molecule has 0 aliphatic rings. The molecular weight excluding hydrogens is 532 g/mol. The molecule has 0 aliphatic heterocycles. The Hall–Kier alpha value is -2.98. The number of nitrogens with zero attached hydrogens (tertiary/aromatic N) is 3. The molecule has 153 valence electrons. The summed E-state index contributed by atoms with van der Waals surface area (Å²) in [4.78, 5) is 10.5. The molecule has 33 heavy (non-hydrogen) atoms. The SMILES string of the molecule is [I][Al][c]1nc(-n2c3ccccc3c3ccccc32)nc2c3ccccc3c3ccccc3c12. The first-order valence-electron chi connectivity index (χ1n) is 10.9. The first-order valence-corrected chi connectivity index (χ1v) is 15.6. The van der Waals surface area contributed by atoms with E-state index in [0.717, 1.165) is 27.1 Å². The second kappa shape index (κ2) is 7.53. The zero-order valence-corrected chi connectivity index (χ0v) is 20.8. The predicted octanol–water partition coefficient (Wildman–Crippen LogP) is 6.71. The summed E-state index contributed by atoms with van der Waals surface area (Å²) in [6.45, 7) is 0. The van der Waals surface area contributed by atoms with Gasteiger partial charge in [-0.05, 0) is 32.8 Å². The average molecular weight is 548 g/mol. The van der Waals surface area contributed by atoms with Crippen molar-refractivity contribution in [3.8, 4) is 5.95 Å². The van der Waals surface area contributed by atoms with Gasteiger partial charge >= 0.3 is 11.9 Å². The van der Waals surface area contributed by atoms with Crippen molar-refractivity contribution >= 4 is 91.0 Å². The van der Waals surface area contributed by atoms with E-state index >= 15 is 0 Å². The van der Waals surface area contributed by atoms with Crippen LogP contribution < -0.4 is 4.56 Å². The largest absolute Gasteiger partial charge is 0.388 e. The summed E-state index contributed by atoms with van der Waals surface area (Å²) < 4.78 is 3.38. The van der Waals surface area contributed by atoms with Gasteiger partial charge in [0.05, 0.1) is 16.6 Å². The van der Waals surface area contributed by atoms with E-state index < -0.39 is 0 Å². The molecule has 0 saturated carbocycles. The van der Waals surface area contributed by atoms with Crippen LogP contribution in [0.5, 0.6) is 0 Å². The van der Waals surface area contributed by atoms with Crippen molar-refractivity contribution in [2.24, 2.45) is 0 Å². The zero-order valence-electron chi connectivity index (χ0n) is 17.5. The molecule has 1 radical (unpaired) electrons. The lowest BCUT2D eigenvalue weighted by molar-refractivity contribution is 1.02. The van der Waals surface area contributed by atoms with Gasteiger partial charge in [0.1, 0.15) is 0 Å². The zero-order chi connectivity index (χ0) is 21.9. The molecule has 0 bridgehead atoms. The van der Waals surface area contributed by atoms with E-state index in [1.165, 1.54) is 37.7 Å². The summed E-state index contributed by atoms with van der Waals surface area (Å²) in [7, 11) is 0. The number of hydrogen-bond donors (Lipinski definition) is 0. The number of hydrogen-bond acceptors (Lipinski definition) is 2. The summed E-state index contributed by atoms with van der Waals surface area (Å²) >= 11 is 2.48. The molecule has 0 atom stereocenters. The first-order chi connectivity index (χ1) is 16.3. The molecule has 0 amide bonds. The van der Waals surface area contributed by atoms with Gasteiger partial charge in [-0.25, -0.2) is 30.2 Å². The molecular formula is C28H16AlIN3. The van der Waals surface area contributed by atoms with Crippen molar-refractivity contribution in [3.05, 3.63) is 97.1 Å². The first kappa shape index (κ1) is 19.5. The van der Waals surface area contributed by atoms with E-state index in [2.05, 4.69) is 122 Å². The molecule has 0 saturated heterocycles. The summed E-state index contributed by atoms with van der Waals surface area (Å²) in [5.74, 6) is 0.750. The Morgan fingerprint density at radius 3 is 1.64 bits per heavy atom. The monoisotopic (exact) mass is 548 g/mol. The third kappa shape index (κ3) is 2.80. The minimum atomic E-state index is -0.0319. The fourth-order valence-electron chi connectivity index (χ4n) is 5.10. The van der Waals surface area contributed by atoms with Crippen LogP contribution in [0, 0.1) is 0 Å². The minimum absolute atomic E-state index is 0.0319. The molecule has 3 nitrogen and oxygen atoms in total. The molecule has 0 unspecified atom stereocenters. The molecule has 7 aromatic rings. The van der Waals surface area contributed by atoms with Crippen molar-refractivity contribution in [3.63, 3.8) is 0 Å². The molecule has 0 N–H and O–H groups in total. The van der Waals surface area contributed by atoms with E-state index in [-0.39, 0.29) is 11.9 Å². The summed E-state index contributed by atoms with van der Waals surface area (Å²) in [5.41, 5.74) is 3.31. The van der Waals surface area contributed by atoms with Crippen LogP contribution in [-0.4, -0.2) is 26.5 Å². The number of para-hydroxylation sites is 2. The van der Waals surface area contributed by atoms with Crippen molar-refractivity contribution < 1.29 is 0 Å². The maximum atomic E-state index is 5.27. The van der Waals surface area contributed by atoms with Crippen molar-refractivity contribution in [2.45, 2.75) is 0 Å². The highest BCUT2D eigenvalue weighted by molar-refractivity contribution is 14.1. The Bertz CT molecular complexity index is 1820. The summed E-state index contributed by atoms with van der Waals surface area (Å²) in [5, 5.41) is 8.56. The van der Waals surface area contributed by atoms with Crippen molar-refractivity contribution in [1.29, 1.82) is 0 Å². The number of benzene rings is 5. The molecule has 2 heterocycles. The fourth-order valence-corrected chi connectivity index (χ4v) is 7.02. The minimum Gasteiger partial charge on any atom is -0.278 e. The lowest BCUT2D eigenvalue weighted by Gasteiger charge is -2.15. The van der Waals surface area contributed by atoms with Gasteiger partial charge < -0.3 is 0 Å². The van der Waals surface area contributed by atoms with Crippen molar-refractivity contribution in [2.75, 3.05) is 0 Å². The van der Waals surface area contributed by atoms with E-state index in [1.54, 1.807) is 0 Å². The number of rotatable bonds is 2. The molecule has 0 spiro atoms. The number of aromatic nitrogens is 3. The second-order valence-electron chi connectivity index (χ2n) is 8.20. The van der Waals surface area contributed by atoms with Crippen LogP contribution in [0.25, 0.3) is 60.2 Å². The quantitative estimate of drug-likeness (QED) is 0.137. The Morgan fingerprint density at radius 2 is 1.03 bits per heavy atom. The van der Waals surface area contributed by atoms with Gasteiger partial charge in [-0.15, -0.1) is 0 Å². The molecule has 7 rings (SSSR count). The highest BCUT2D eigenvalue weighted by Crippen LogP contribution is 2.35. The fraction of sp³-hybridized carbons (Fsp3) is 0. The van der Waals surface area contributed by atoms with Crippen LogP contribution in [0.2, 0.25) is 0 Å². The van der Waals surface area contributed by atoms with Crippen LogP contribution in [0.1, 0.15) is 0 Å². The van der Waals surface area contributed by atoms with E-state index in [9.17, 15) is 0 Å². The highest BCUT2D eigenvalue weighted by atomic mass is 127. The van der Waals surface area contributed by atoms with Crippen LogP contribution in [0.4, 0.5) is 0 Å². The Balaban J connectivity index is 1.71. The van der Waals surface area contributed by atoms with E-state index in [1.807, 2.05) is 0 Å². The lowest BCUT2D eigenvalue weighted by Crippen LogP contribution is -2.19. The topological polar surface area (TPSA) is 30.7 Å². The molecule has 5 heteroatoms. The van der Waals surface area contributed by atoms with Gasteiger partial charge in [-0.3, -0.25) is 4.57 Å². The van der Waals surface area contributed by atoms with E-state index in [4.69, 9.17) is 9.97 Å². The third-order valence-corrected chi connectivity index (χ3v) is 8.87. The highest BCUT2D eigenvalue weighted by Gasteiger charge is 2.19. The Morgan fingerprint density at radius 1 is 0.545 bits per heavy atom. The van der Waals surface area contributed by atoms with Gasteiger partial charge in [-0.1, -0.05) is 84.9 Å². The van der Waals surface area contributed by atoms with Gasteiger partial charge in [0.15, 0.2) is 0 Å². The van der Waals surface area contributed by atoms with E-state index in [0.29, 0.717) is 0 Å². The molecule has 2 aromatic heterocycles. The van der Waals surface area contributed by atoms with Crippen LogP contribution in [-0.2, 0) is 0 Å². The van der Waals surface area contributed by atoms with Crippen LogP contribution >= 0.6 is 20.3 Å². The van der Waals surface area contributed by atoms with Gasteiger partial charge in [0, 0.05) is 21.5 Å². The average Bonchev–Trinajstić information content (AvgIpc) is 3.22. The number of fused-ring (bicyclic) bond motifs is 9. The maximum Gasteiger partial charge on any atom is 0.388 e. The van der Waals surface area contributed by atoms with Crippen molar-refractivity contribution in [1.82, 2.24) is 14.5 Å². The Labute approximate surface area is 207 Å². The predicted molar refractivity (Wildman–Crippen MR) is 148 cm³/mol. The maximum absolute atomic E-state index is 5.27. The standard InChI is InChI=1S/C28H16N3.Al.HI/c1-2-11-20-18(9-1)19-10-3-4-14-23(19)27-24(20)17-29-28(30-27)31-25-15-7-5-12-21(25)22-13-6-8-16-26(22)31;;/h1-16H;;1H/q;+1;/p-1. The lowest BCUT2D eigenvalue weighted by atomic mass is 9.98. The summed E-state index contributed by atoms with van der Waals surface area (Å²) in [6.07, 6.45) is 0. The number of halogens is 1. The van der Waals surface area contributed by atoms with Gasteiger partial charge in [0.25, 0.3) is 0 Å². The molecule has 5 aromatic carbocycles.